The molecule has 7 nitrogen and oxygen atoms in total. The summed E-state index contributed by atoms with van der Waals surface area (Å²) in [5, 5.41) is 4.75. The average molecular weight is 513 g/mol. The van der Waals surface area contributed by atoms with Gasteiger partial charge in [-0.15, -0.1) is 0 Å². The van der Waals surface area contributed by atoms with Gasteiger partial charge in [-0.05, 0) is 74.4 Å². The number of hydrogen-bond acceptors (Lipinski definition) is 5. The molecular formula is C26H29ClN4O3S. The quantitative estimate of drug-likeness (QED) is 0.333. The van der Waals surface area contributed by atoms with E-state index in [9.17, 15) is 4.79 Å². The number of benzene rings is 1. The summed E-state index contributed by atoms with van der Waals surface area (Å²) in [5.74, 6) is 0.506. The number of pyridine rings is 1. The molecule has 0 spiro atoms. The summed E-state index contributed by atoms with van der Waals surface area (Å²) in [6.07, 6.45) is 2.74. The average Bonchev–Trinajstić information content (AvgIpc) is 3.34. The first-order chi connectivity index (χ1) is 16.8. The first-order valence-electron chi connectivity index (χ1n) is 11.4. The number of esters is 1. The lowest BCUT2D eigenvalue weighted by Gasteiger charge is -2.28. The Bertz CT molecular complexity index is 1230. The summed E-state index contributed by atoms with van der Waals surface area (Å²) in [4.78, 5) is 18.5. The largest absolute Gasteiger partial charge is 0.495 e. The van der Waals surface area contributed by atoms with Crippen molar-refractivity contribution >= 4 is 34.9 Å². The van der Waals surface area contributed by atoms with Crippen LogP contribution in [0.3, 0.4) is 0 Å². The predicted molar refractivity (Wildman–Crippen MR) is 140 cm³/mol. The fourth-order valence-corrected chi connectivity index (χ4v) is 5.27. The van der Waals surface area contributed by atoms with Gasteiger partial charge in [0.05, 0.1) is 37.7 Å². The number of thiocarbonyl (C=S) groups is 1. The lowest BCUT2D eigenvalue weighted by atomic mass is 9.96. The molecule has 0 amide bonds. The Kier molecular flexibility index (Phi) is 7.62. The molecule has 35 heavy (non-hydrogen) atoms. The number of methoxy groups -OCH3 is 2. The van der Waals surface area contributed by atoms with Crippen LogP contribution >= 0.6 is 23.8 Å². The van der Waals surface area contributed by atoms with Crippen LogP contribution in [0.25, 0.3) is 5.69 Å². The summed E-state index contributed by atoms with van der Waals surface area (Å²) in [7, 11) is 3.06. The Labute approximate surface area is 216 Å². The summed E-state index contributed by atoms with van der Waals surface area (Å²) < 4.78 is 12.6. The van der Waals surface area contributed by atoms with Crippen LogP contribution in [0.4, 0.5) is 0 Å². The van der Waals surface area contributed by atoms with Gasteiger partial charge in [0.25, 0.3) is 0 Å². The number of carbonyl (C=O) groups excluding carboxylic acids is 1. The van der Waals surface area contributed by atoms with E-state index in [1.165, 1.54) is 7.11 Å². The Balaban J connectivity index is 1.79. The van der Waals surface area contributed by atoms with Gasteiger partial charge in [-0.3, -0.25) is 9.78 Å². The maximum Gasteiger partial charge on any atom is 0.305 e. The van der Waals surface area contributed by atoms with Crippen LogP contribution in [-0.4, -0.2) is 46.3 Å². The van der Waals surface area contributed by atoms with Crippen LogP contribution in [0.1, 0.15) is 47.6 Å². The molecule has 9 heteroatoms. The van der Waals surface area contributed by atoms with Crippen molar-refractivity contribution in [2.45, 2.75) is 38.8 Å². The van der Waals surface area contributed by atoms with Crippen molar-refractivity contribution in [1.29, 1.82) is 0 Å². The van der Waals surface area contributed by atoms with Gasteiger partial charge in [0.1, 0.15) is 5.75 Å². The second kappa shape index (κ2) is 10.7. The van der Waals surface area contributed by atoms with Crippen LogP contribution in [0.2, 0.25) is 5.02 Å². The molecule has 1 aliphatic heterocycles. The lowest BCUT2D eigenvalue weighted by molar-refractivity contribution is -0.140. The molecule has 0 radical (unpaired) electrons. The molecule has 2 atom stereocenters. The van der Waals surface area contributed by atoms with Crippen LogP contribution in [0, 0.1) is 13.8 Å². The number of aromatic nitrogens is 2. The van der Waals surface area contributed by atoms with Gasteiger partial charge < -0.3 is 24.3 Å². The van der Waals surface area contributed by atoms with E-state index in [2.05, 4.69) is 39.7 Å². The zero-order valence-electron chi connectivity index (χ0n) is 20.2. The Hall–Kier alpha value is -3.10. The van der Waals surface area contributed by atoms with Gasteiger partial charge in [-0.2, -0.15) is 0 Å². The molecule has 0 unspecified atom stereocenters. The number of nitrogens with one attached hydrogen (secondary N) is 1. The minimum Gasteiger partial charge on any atom is -0.495 e. The standard InChI is InChI=1S/C26H29ClN4O3S/c1-16-14-19(17(2)31(16)21-15-18(27)10-11-22(21)33-3)25-24(20-8-5-6-12-28-20)29-26(35)30(25)13-7-9-23(32)34-4/h5-6,8,10-12,14-15,24-25H,7,9,13H2,1-4H3,(H,29,35)/t24-,25-/m0/s1. The van der Waals surface area contributed by atoms with Crippen molar-refractivity contribution in [2.24, 2.45) is 0 Å². The molecule has 2 aromatic heterocycles. The first kappa shape index (κ1) is 25.0. The molecule has 184 valence electrons. The van der Waals surface area contributed by atoms with Crippen molar-refractivity contribution in [3.8, 4) is 11.4 Å². The smallest absolute Gasteiger partial charge is 0.305 e. The highest BCUT2D eigenvalue weighted by molar-refractivity contribution is 7.80. The molecule has 1 saturated heterocycles. The molecule has 0 saturated carbocycles. The number of rotatable bonds is 8. The molecule has 0 aliphatic carbocycles. The summed E-state index contributed by atoms with van der Waals surface area (Å²) in [5.41, 5.74) is 5.00. The highest BCUT2D eigenvalue weighted by Gasteiger charge is 2.41. The highest BCUT2D eigenvalue weighted by Crippen LogP contribution is 2.42. The molecule has 3 heterocycles. The van der Waals surface area contributed by atoms with Gasteiger partial charge in [0.2, 0.25) is 0 Å². The number of nitrogens with zero attached hydrogens (tertiary/aromatic N) is 3. The number of carbonyl (C=O) groups is 1. The summed E-state index contributed by atoms with van der Waals surface area (Å²) >= 11 is 12.1. The van der Waals surface area contributed by atoms with Crippen LogP contribution in [-0.2, 0) is 9.53 Å². The minimum absolute atomic E-state index is 0.111. The third kappa shape index (κ3) is 4.99. The van der Waals surface area contributed by atoms with E-state index < -0.39 is 0 Å². The highest BCUT2D eigenvalue weighted by atomic mass is 35.5. The molecule has 4 rings (SSSR count). The van der Waals surface area contributed by atoms with Gasteiger partial charge >= 0.3 is 5.97 Å². The SMILES string of the molecule is COC(=O)CCCN1C(=S)N[C@@H](c2ccccn2)[C@@H]1c1cc(C)n(-c2cc(Cl)ccc2OC)c1C. The van der Waals surface area contributed by atoms with E-state index in [-0.39, 0.29) is 18.1 Å². The van der Waals surface area contributed by atoms with Crippen molar-refractivity contribution in [2.75, 3.05) is 20.8 Å². The van der Waals surface area contributed by atoms with E-state index in [1.807, 2.05) is 36.4 Å². The van der Waals surface area contributed by atoms with Gasteiger partial charge in [-0.1, -0.05) is 17.7 Å². The van der Waals surface area contributed by atoms with E-state index in [4.69, 9.17) is 33.3 Å². The fourth-order valence-electron chi connectivity index (χ4n) is 4.78. The van der Waals surface area contributed by atoms with E-state index in [1.54, 1.807) is 13.3 Å². The van der Waals surface area contributed by atoms with Crippen LogP contribution in [0.5, 0.6) is 5.75 Å². The molecule has 3 aromatic rings. The third-order valence-corrected chi connectivity index (χ3v) is 6.96. The molecule has 0 bridgehead atoms. The van der Waals surface area contributed by atoms with E-state index in [0.29, 0.717) is 29.5 Å². The molecule has 1 N–H and O–H groups in total. The second-order valence-corrected chi connectivity index (χ2v) is 9.30. The van der Waals surface area contributed by atoms with Crippen molar-refractivity contribution in [1.82, 2.24) is 19.8 Å². The molecule has 1 aromatic carbocycles. The van der Waals surface area contributed by atoms with Crippen LogP contribution < -0.4 is 10.1 Å². The monoisotopic (exact) mass is 512 g/mol. The Morgan fingerprint density at radius 1 is 1.20 bits per heavy atom. The summed E-state index contributed by atoms with van der Waals surface area (Å²) in [6.45, 7) is 4.76. The number of ether oxygens (including phenoxy) is 2. The number of halogens is 1. The molecule has 1 aliphatic rings. The molecule has 1 fully saturated rings. The van der Waals surface area contributed by atoms with Crippen molar-refractivity contribution in [3.63, 3.8) is 0 Å². The Morgan fingerprint density at radius 3 is 2.69 bits per heavy atom. The van der Waals surface area contributed by atoms with Crippen molar-refractivity contribution < 1.29 is 14.3 Å². The van der Waals surface area contributed by atoms with Crippen molar-refractivity contribution in [3.05, 3.63) is 76.3 Å². The minimum atomic E-state index is -0.230. The second-order valence-electron chi connectivity index (χ2n) is 8.48. The maximum atomic E-state index is 11.7. The third-order valence-electron chi connectivity index (χ3n) is 6.38. The topological polar surface area (TPSA) is 68.6 Å². The van der Waals surface area contributed by atoms with Crippen LogP contribution in [0.15, 0.2) is 48.7 Å². The number of hydrogen-bond donors (Lipinski definition) is 1. The maximum absolute atomic E-state index is 11.7. The normalized spacial score (nSPS) is 17.4. The number of aryl methyl sites for hydroxylation is 1. The zero-order chi connectivity index (χ0) is 25.1. The Morgan fingerprint density at radius 2 is 2.00 bits per heavy atom. The van der Waals surface area contributed by atoms with Gasteiger partial charge in [0, 0.05) is 35.6 Å². The van der Waals surface area contributed by atoms with Gasteiger partial charge in [0.15, 0.2) is 5.11 Å². The predicted octanol–water partition coefficient (Wildman–Crippen LogP) is 5.08. The lowest BCUT2D eigenvalue weighted by Crippen LogP contribution is -2.31. The zero-order valence-corrected chi connectivity index (χ0v) is 21.8. The molecular weight excluding hydrogens is 484 g/mol. The summed E-state index contributed by atoms with van der Waals surface area (Å²) in [6, 6.07) is 13.4. The van der Waals surface area contributed by atoms with E-state index >= 15 is 0 Å². The fraction of sp³-hybridized carbons (Fsp3) is 0.346. The van der Waals surface area contributed by atoms with Gasteiger partial charge in [-0.25, -0.2) is 0 Å². The first-order valence-corrected chi connectivity index (χ1v) is 12.2. The van der Waals surface area contributed by atoms with E-state index in [0.717, 1.165) is 34.1 Å².